The van der Waals surface area contributed by atoms with E-state index in [0.29, 0.717) is 6.04 Å². The van der Waals surface area contributed by atoms with Crippen molar-refractivity contribution in [2.45, 2.75) is 51.6 Å². The van der Waals surface area contributed by atoms with E-state index in [1.54, 1.807) is 0 Å². The van der Waals surface area contributed by atoms with Crippen molar-refractivity contribution in [1.29, 1.82) is 0 Å². The van der Waals surface area contributed by atoms with E-state index in [1.807, 2.05) is 0 Å². The Bertz CT molecular complexity index is 218. The average molecular weight is 240 g/mol. The van der Waals surface area contributed by atoms with Crippen LogP contribution in [0.4, 0.5) is 0 Å². The van der Waals surface area contributed by atoms with Gasteiger partial charge in [-0.25, -0.2) is 0 Å². The molecule has 0 amide bonds. The van der Waals surface area contributed by atoms with Gasteiger partial charge in [-0.15, -0.1) is 0 Å². The molecule has 1 saturated heterocycles. The van der Waals surface area contributed by atoms with Gasteiger partial charge in [-0.05, 0) is 38.5 Å². The molecule has 100 valence electrons. The fourth-order valence-corrected chi connectivity index (χ4v) is 2.61. The van der Waals surface area contributed by atoms with Gasteiger partial charge in [0.1, 0.15) is 0 Å². The van der Waals surface area contributed by atoms with Gasteiger partial charge in [0.25, 0.3) is 0 Å². The van der Waals surface area contributed by atoms with Crippen molar-refractivity contribution < 1.29 is 4.74 Å². The molecule has 0 radical (unpaired) electrons. The molecule has 1 saturated carbocycles. The Balaban J connectivity index is 1.57. The molecule has 0 bridgehead atoms. The van der Waals surface area contributed by atoms with Gasteiger partial charge in [0.15, 0.2) is 0 Å². The lowest BCUT2D eigenvalue weighted by Crippen LogP contribution is -2.55. The quantitative estimate of drug-likeness (QED) is 0.688. The van der Waals surface area contributed by atoms with E-state index in [4.69, 9.17) is 4.74 Å². The topological polar surface area (TPSA) is 24.5 Å². The van der Waals surface area contributed by atoms with Crippen LogP contribution in [0.1, 0.15) is 39.5 Å². The maximum atomic E-state index is 5.70. The highest BCUT2D eigenvalue weighted by Crippen LogP contribution is 2.28. The highest BCUT2D eigenvalue weighted by molar-refractivity contribution is 4.83. The summed E-state index contributed by atoms with van der Waals surface area (Å²) < 4.78 is 5.70. The van der Waals surface area contributed by atoms with Crippen molar-refractivity contribution in [3.63, 3.8) is 0 Å². The van der Waals surface area contributed by atoms with E-state index in [-0.39, 0.29) is 0 Å². The number of nitrogens with zero attached hydrogens (tertiary/aromatic N) is 1. The molecule has 2 atom stereocenters. The summed E-state index contributed by atoms with van der Waals surface area (Å²) in [5.74, 6) is 0.901. The van der Waals surface area contributed by atoms with Crippen molar-refractivity contribution in [3.05, 3.63) is 0 Å². The minimum atomic E-state index is 0.644. The molecule has 17 heavy (non-hydrogen) atoms. The monoisotopic (exact) mass is 240 g/mol. The van der Waals surface area contributed by atoms with Crippen LogP contribution in [0.5, 0.6) is 0 Å². The van der Waals surface area contributed by atoms with Crippen LogP contribution >= 0.6 is 0 Å². The molecule has 3 heteroatoms. The number of rotatable bonds is 7. The first-order chi connectivity index (χ1) is 8.29. The second-order valence-corrected chi connectivity index (χ2v) is 5.74. The molecule has 0 aromatic carbocycles. The fraction of sp³-hybridized carbons (Fsp3) is 1.00. The Morgan fingerprint density at radius 3 is 2.88 bits per heavy atom. The van der Waals surface area contributed by atoms with Crippen LogP contribution in [0.25, 0.3) is 0 Å². The molecule has 0 spiro atoms. The molecular weight excluding hydrogens is 212 g/mol. The molecule has 1 N–H and O–H groups in total. The summed E-state index contributed by atoms with van der Waals surface area (Å²) in [7, 11) is 0. The Hall–Kier alpha value is -0.120. The molecule has 1 heterocycles. The van der Waals surface area contributed by atoms with E-state index in [0.717, 1.165) is 31.7 Å². The average Bonchev–Trinajstić information content (AvgIpc) is 3.13. The second-order valence-electron chi connectivity index (χ2n) is 5.74. The van der Waals surface area contributed by atoms with Crippen LogP contribution < -0.4 is 5.32 Å². The Labute approximate surface area is 106 Å². The van der Waals surface area contributed by atoms with Gasteiger partial charge < -0.3 is 10.1 Å². The lowest BCUT2D eigenvalue weighted by molar-refractivity contribution is 0.0886. The second kappa shape index (κ2) is 6.72. The molecular formula is C14H28N2O. The zero-order valence-electron chi connectivity index (χ0n) is 11.5. The van der Waals surface area contributed by atoms with Gasteiger partial charge in [-0.1, -0.05) is 6.92 Å². The van der Waals surface area contributed by atoms with Crippen LogP contribution in [-0.4, -0.2) is 49.8 Å². The molecule has 2 fully saturated rings. The Morgan fingerprint density at radius 1 is 1.35 bits per heavy atom. The number of piperazine rings is 1. The van der Waals surface area contributed by atoms with E-state index in [1.165, 1.54) is 38.8 Å². The van der Waals surface area contributed by atoms with Crippen molar-refractivity contribution >= 4 is 0 Å². The standard InChI is InChI=1S/C14H28N2O/c1-3-14-9-15-12(2)10-16(14)7-4-8-17-11-13-5-6-13/h12-15H,3-11H2,1-2H3. The Morgan fingerprint density at radius 2 is 2.18 bits per heavy atom. The fourth-order valence-electron chi connectivity index (χ4n) is 2.61. The molecule has 2 aliphatic rings. The minimum Gasteiger partial charge on any atom is -0.381 e. The van der Waals surface area contributed by atoms with Crippen molar-refractivity contribution in [1.82, 2.24) is 10.2 Å². The summed E-state index contributed by atoms with van der Waals surface area (Å²) in [6.07, 6.45) is 5.24. The molecule has 2 rings (SSSR count). The van der Waals surface area contributed by atoms with E-state index in [2.05, 4.69) is 24.1 Å². The van der Waals surface area contributed by atoms with E-state index >= 15 is 0 Å². The maximum absolute atomic E-state index is 5.70. The lowest BCUT2D eigenvalue weighted by Gasteiger charge is -2.39. The lowest BCUT2D eigenvalue weighted by atomic mass is 10.1. The Kier molecular flexibility index (Phi) is 5.26. The third-order valence-electron chi connectivity index (χ3n) is 3.98. The summed E-state index contributed by atoms with van der Waals surface area (Å²) in [6, 6.07) is 1.37. The van der Waals surface area contributed by atoms with Gasteiger partial charge in [0.2, 0.25) is 0 Å². The summed E-state index contributed by atoms with van der Waals surface area (Å²) in [5, 5.41) is 3.56. The van der Waals surface area contributed by atoms with Crippen LogP contribution in [0.15, 0.2) is 0 Å². The highest BCUT2D eigenvalue weighted by Gasteiger charge is 2.24. The molecule has 1 aliphatic carbocycles. The molecule has 0 aromatic rings. The summed E-state index contributed by atoms with van der Waals surface area (Å²) in [5.41, 5.74) is 0. The first kappa shape index (κ1) is 13.3. The predicted octanol–water partition coefficient (Wildman–Crippen LogP) is 1.88. The zero-order chi connectivity index (χ0) is 12.1. The first-order valence-electron chi connectivity index (χ1n) is 7.34. The van der Waals surface area contributed by atoms with Crippen LogP contribution in [-0.2, 0) is 4.74 Å². The molecule has 1 aliphatic heterocycles. The summed E-state index contributed by atoms with van der Waals surface area (Å²) in [4.78, 5) is 2.64. The van der Waals surface area contributed by atoms with Crippen molar-refractivity contribution in [2.24, 2.45) is 5.92 Å². The van der Waals surface area contributed by atoms with Gasteiger partial charge in [-0.2, -0.15) is 0 Å². The summed E-state index contributed by atoms with van der Waals surface area (Å²) in [6.45, 7) is 10.1. The molecule has 0 aromatic heterocycles. The van der Waals surface area contributed by atoms with E-state index in [9.17, 15) is 0 Å². The number of hydrogen-bond donors (Lipinski definition) is 1. The van der Waals surface area contributed by atoms with Gasteiger partial charge in [-0.3, -0.25) is 4.90 Å². The van der Waals surface area contributed by atoms with E-state index < -0.39 is 0 Å². The number of nitrogens with one attached hydrogen (secondary N) is 1. The zero-order valence-corrected chi connectivity index (χ0v) is 11.5. The SMILES string of the molecule is CCC1CNC(C)CN1CCCOCC1CC1. The third kappa shape index (κ3) is 4.57. The maximum Gasteiger partial charge on any atom is 0.0494 e. The van der Waals surface area contributed by atoms with Gasteiger partial charge in [0.05, 0.1) is 0 Å². The highest BCUT2D eigenvalue weighted by atomic mass is 16.5. The van der Waals surface area contributed by atoms with Crippen molar-refractivity contribution in [3.8, 4) is 0 Å². The number of hydrogen-bond acceptors (Lipinski definition) is 3. The molecule has 2 unspecified atom stereocenters. The smallest absolute Gasteiger partial charge is 0.0494 e. The van der Waals surface area contributed by atoms with Crippen LogP contribution in [0, 0.1) is 5.92 Å². The molecule has 3 nitrogen and oxygen atoms in total. The van der Waals surface area contributed by atoms with Gasteiger partial charge >= 0.3 is 0 Å². The van der Waals surface area contributed by atoms with Gasteiger partial charge in [0, 0.05) is 44.9 Å². The van der Waals surface area contributed by atoms with Crippen LogP contribution in [0.3, 0.4) is 0 Å². The first-order valence-corrected chi connectivity index (χ1v) is 7.34. The minimum absolute atomic E-state index is 0.644. The largest absolute Gasteiger partial charge is 0.381 e. The predicted molar refractivity (Wildman–Crippen MR) is 71.3 cm³/mol. The van der Waals surface area contributed by atoms with Crippen molar-refractivity contribution in [2.75, 3.05) is 32.8 Å². The van der Waals surface area contributed by atoms with Crippen LogP contribution in [0.2, 0.25) is 0 Å². The number of ether oxygens (including phenoxy) is 1. The summed E-state index contributed by atoms with van der Waals surface area (Å²) >= 11 is 0. The normalized spacial score (nSPS) is 30.7. The third-order valence-corrected chi connectivity index (χ3v) is 3.98.